The van der Waals surface area contributed by atoms with E-state index in [0.29, 0.717) is 19.4 Å². The van der Waals surface area contributed by atoms with Crippen LogP contribution < -0.4 is 0 Å². The fourth-order valence-corrected chi connectivity index (χ4v) is 3.70. The van der Waals surface area contributed by atoms with E-state index >= 15 is 0 Å². The number of nitrogens with zero attached hydrogens (tertiary/aromatic N) is 1. The van der Waals surface area contributed by atoms with Crippen molar-refractivity contribution < 1.29 is 22.1 Å². The van der Waals surface area contributed by atoms with Gasteiger partial charge in [0, 0.05) is 6.54 Å². The highest BCUT2D eigenvalue weighted by Gasteiger charge is 2.26. The first kappa shape index (κ1) is 21.2. The van der Waals surface area contributed by atoms with E-state index in [4.69, 9.17) is 8.92 Å². The van der Waals surface area contributed by atoms with Crippen molar-refractivity contribution in [1.29, 1.82) is 0 Å². The minimum absolute atomic E-state index is 0.0455. The highest BCUT2D eigenvalue weighted by molar-refractivity contribution is 7.86. The maximum absolute atomic E-state index is 12.4. The molecule has 0 saturated heterocycles. The molecule has 2 rings (SSSR count). The molecule has 1 heterocycles. The summed E-state index contributed by atoms with van der Waals surface area (Å²) in [5, 5.41) is 0. The first-order valence-corrected chi connectivity index (χ1v) is 10.8. The Morgan fingerprint density at radius 3 is 2.78 bits per heavy atom. The van der Waals surface area contributed by atoms with E-state index in [1.165, 1.54) is 0 Å². The van der Waals surface area contributed by atoms with Crippen LogP contribution >= 0.6 is 0 Å². The van der Waals surface area contributed by atoms with Crippen LogP contribution in [-0.4, -0.2) is 44.4 Å². The fraction of sp³-hybridized carbons (Fsp3) is 0.450. The highest BCUT2D eigenvalue weighted by Crippen LogP contribution is 2.20. The number of hydrogen-bond acceptors (Lipinski definition) is 5. The molecule has 0 N–H and O–H groups in total. The first-order valence-electron chi connectivity index (χ1n) is 9.02. The summed E-state index contributed by atoms with van der Waals surface area (Å²) in [7, 11) is -3.50. The van der Waals surface area contributed by atoms with Gasteiger partial charge in [0.15, 0.2) is 0 Å². The minimum Gasteiger partial charge on any atom is -0.445 e. The Hall–Kier alpha value is -2.12. The van der Waals surface area contributed by atoms with Crippen molar-refractivity contribution >= 4 is 16.2 Å². The third-order valence-electron chi connectivity index (χ3n) is 4.27. The molecule has 0 radical (unpaired) electrons. The van der Waals surface area contributed by atoms with Gasteiger partial charge in [0.25, 0.3) is 10.1 Å². The van der Waals surface area contributed by atoms with Crippen LogP contribution in [0.2, 0.25) is 0 Å². The third kappa shape index (κ3) is 7.56. The lowest BCUT2D eigenvalue weighted by molar-refractivity contribution is 0.0929. The molecule has 1 amide bonds. The van der Waals surface area contributed by atoms with Crippen molar-refractivity contribution in [2.45, 2.75) is 44.4 Å². The largest absolute Gasteiger partial charge is 0.445 e. The van der Waals surface area contributed by atoms with Crippen molar-refractivity contribution in [1.82, 2.24) is 4.90 Å². The normalized spacial score (nSPS) is 17.7. The van der Waals surface area contributed by atoms with Gasteiger partial charge in [-0.3, -0.25) is 9.08 Å². The summed E-state index contributed by atoms with van der Waals surface area (Å²) in [4.78, 5) is 14.0. The minimum atomic E-state index is -3.50. The Labute approximate surface area is 161 Å². The van der Waals surface area contributed by atoms with Crippen molar-refractivity contribution in [3.05, 3.63) is 60.7 Å². The summed E-state index contributed by atoms with van der Waals surface area (Å²) in [5.74, 6) is 0. The van der Waals surface area contributed by atoms with E-state index in [2.05, 4.69) is 6.58 Å². The van der Waals surface area contributed by atoms with Crippen molar-refractivity contribution in [3.63, 3.8) is 0 Å². The van der Waals surface area contributed by atoms with Crippen LogP contribution in [0.3, 0.4) is 0 Å². The monoisotopic (exact) mass is 393 g/mol. The predicted octanol–water partition coefficient (Wildman–Crippen LogP) is 3.65. The van der Waals surface area contributed by atoms with Crippen LogP contribution in [0.5, 0.6) is 0 Å². The molecule has 0 fully saturated rings. The molecule has 0 spiro atoms. The predicted molar refractivity (Wildman–Crippen MR) is 105 cm³/mol. The second kappa shape index (κ2) is 10.3. The van der Waals surface area contributed by atoms with E-state index in [9.17, 15) is 13.2 Å². The standard InChI is InChI=1S/C20H27NO5S/c1-3-9-19(26-27(2,23)24)14-7-12-18-13-8-15-21(18)20(22)25-16-17-10-5-4-6-11-17/h3-6,8,10-11,13,18-19H,1,7,9,12,14-16H2,2H3/t18-,19+/m1/s1. The molecule has 1 aromatic rings. The summed E-state index contributed by atoms with van der Waals surface area (Å²) in [6.45, 7) is 4.41. The van der Waals surface area contributed by atoms with Crippen LogP contribution in [-0.2, 0) is 25.6 Å². The smallest absolute Gasteiger partial charge is 0.410 e. The van der Waals surface area contributed by atoms with Gasteiger partial charge in [-0.25, -0.2) is 4.79 Å². The quantitative estimate of drug-likeness (QED) is 0.448. The Balaban J connectivity index is 1.80. The van der Waals surface area contributed by atoms with Gasteiger partial charge >= 0.3 is 6.09 Å². The van der Waals surface area contributed by atoms with Crippen molar-refractivity contribution in [2.75, 3.05) is 12.8 Å². The molecule has 0 unspecified atom stereocenters. The van der Waals surface area contributed by atoms with E-state index in [1.807, 2.05) is 42.5 Å². The Kier molecular flexibility index (Phi) is 8.06. The van der Waals surface area contributed by atoms with Gasteiger partial charge in [0.1, 0.15) is 6.61 Å². The average molecular weight is 394 g/mol. The summed E-state index contributed by atoms with van der Waals surface area (Å²) in [6.07, 6.45) is 8.37. The van der Waals surface area contributed by atoms with Crippen LogP contribution in [0.25, 0.3) is 0 Å². The highest BCUT2D eigenvalue weighted by atomic mass is 32.2. The van der Waals surface area contributed by atoms with Gasteiger partial charge in [0.05, 0.1) is 18.4 Å². The third-order valence-corrected chi connectivity index (χ3v) is 4.89. The zero-order valence-electron chi connectivity index (χ0n) is 15.6. The molecule has 0 aromatic heterocycles. The molecule has 7 heteroatoms. The summed E-state index contributed by atoms with van der Waals surface area (Å²) in [6, 6.07) is 9.50. The number of carbonyl (C=O) groups excluding carboxylic acids is 1. The maximum atomic E-state index is 12.4. The molecule has 0 saturated carbocycles. The number of ether oxygens (including phenoxy) is 1. The number of rotatable bonds is 10. The van der Waals surface area contributed by atoms with Gasteiger partial charge in [-0.05, 0) is 31.2 Å². The van der Waals surface area contributed by atoms with E-state index in [0.717, 1.165) is 24.7 Å². The molecular weight excluding hydrogens is 366 g/mol. The van der Waals surface area contributed by atoms with E-state index in [-0.39, 0.29) is 18.7 Å². The fourth-order valence-electron chi connectivity index (χ4n) is 3.03. The molecular formula is C20H27NO5S. The molecule has 1 aromatic carbocycles. The molecule has 148 valence electrons. The Bertz CT molecular complexity index is 745. The summed E-state index contributed by atoms with van der Waals surface area (Å²) in [5.41, 5.74) is 0.944. The Morgan fingerprint density at radius 2 is 2.11 bits per heavy atom. The van der Waals surface area contributed by atoms with Crippen LogP contribution in [0.1, 0.15) is 31.2 Å². The average Bonchev–Trinajstić information content (AvgIpc) is 3.08. The molecule has 0 aliphatic carbocycles. The lowest BCUT2D eigenvalue weighted by atomic mass is 10.1. The Morgan fingerprint density at radius 1 is 1.37 bits per heavy atom. The molecule has 1 aliphatic heterocycles. The lowest BCUT2D eigenvalue weighted by Crippen LogP contribution is -2.36. The zero-order chi connectivity index (χ0) is 19.7. The van der Waals surface area contributed by atoms with Gasteiger partial charge < -0.3 is 4.74 Å². The molecule has 27 heavy (non-hydrogen) atoms. The number of carbonyl (C=O) groups is 1. The maximum Gasteiger partial charge on any atom is 0.410 e. The van der Waals surface area contributed by atoms with Gasteiger partial charge in [-0.2, -0.15) is 8.42 Å². The van der Waals surface area contributed by atoms with Gasteiger partial charge in [0.2, 0.25) is 0 Å². The molecule has 1 aliphatic rings. The van der Waals surface area contributed by atoms with E-state index < -0.39 is 16.2 Å². The lowest BCUT2D eigenvalue weighted by Gasteiger charge is -2.24. The van der Waals surface area contributed by atoms with Crippen molar-refractivity contribution in [3.8, 4) is 0 Å². The number of hydrogen-bond donors (Lipinski definition) is 0. The van der Waals surface area contributed by atoms with Gasteiger partial charge in [-0.15, -0.1) is 6.58 Å². The second-order valence-corrected chi connectivity index (χ2v) is 8.17. The van der Waals surface area contributed by atoms with Crippen LogP contribution in [0.4, 0.5) is 4.79 Å². The summed E-state index contributed by atoms with van der Waals surface area (Å²) < 4.78 is 33.1. The molecule has 2 atom stereocenters. The first-order chi connectivity index (χ1) is 12.9. The van der Waals surface area contributed by atoms with Crippen LogP contribution in [0, 0.1) is 0 Å². The van der Waals surface area contributed by atoms with Crippen molar-refractivity contribution in [2.24, 2.45) is 0 Å². The summed E-state index contributed by atoms with van der Waals surface area (Å²) >= 11 is 0. The second-order valence-electron chi connectivity index (χ2n) is 6.57. The van der Waals surface area contributed by atoms with E-state index in [1.54, 1.807) is 11.0 Å². The zero-order valence-corrected chi connectivity index (χ0v) is 16.4. The van der Waals surface area contributed by atoms with Crippen LogP contribution in [0.15, 0.2) is 55.1 Å². The topological polar surface area (TPSA) is 72.9 Å². The molecule has 0 bridgehead atoms. The van der Waals surface area contributed by atoms with Gasteiger partial charge in [-0.1, -0.05) is 48.6 Å². The number of amides is 1. The number of benzene rings is 1. The molecule has 6 nitrogen and oxygen atoms in total. The SMILES string of the molecule is C=CC[C@@H](CCC[C@@H]1C=CCN1C(=O)OCc1ccccc1)OS(C)(=O)=O.